The molecule has 2 fully saturated rings. The maximum Gasteiger partial charge on any atom is 0.246 e. The monoisotopic (exact) mass is 282 g/mol. The van der Waals surface area contributed by atoms with E-state index in [0.29, 0.717) is 13.0 Å². The Morgan fingerprint density at radius 2 is 1.95 bits per heavy atom. The number of ether oxygens (including phenoxy) is 1. The minimum atomic E-state index is -0.449. The molecular formula is C15H26N2O3. The highest BCUT2D eigenvalue weighted by molar-refractivity contribution is 5.90. The molecule has 0 aromatic carbocycles. The van der Waals surface area contributed by atoms with Gasteiger partial charge < -0.3 is 15.0 Å². The van der Waals surface area contributed by atoms with E-state index >= 15 is 0 Å². The molecule has 1 N–H and O–H groups in total. The fourth-order valence-corrected chi connectivity index (χ4v) is 3.25. The van der Waals surface area contributed by atoms with Crippen LogP contribution >= 0.6 is 0 Å². The van der Waals surface area contributed by atoms with Crippen molar-refractivity contribution in [2.24, 2.45) is 5.41 Å². The summed E-state index contributed by atoms with van der Waals surface area (Å²) in [6, 6.07) is -0.333. The molecule has 0 spiro atoms. The number of nitrogens with zero attached hydrogens (tertiary/aromatic N) is 1. The Balaban J connectivity index is 2.23. The van der Waals surface area contributed by atoms with Crippen molar-refractivity contribution < 1.29 is 14.3 Å². The van der Waals surface area contributed by atoms with Crippen molar-refractivity contribution in [2.75, 3.05) is 13.7 Å². The van der Waals surface area contributed by atoms with Crippen molar-refractivity contribution in [3.63, 3.8) is 0 Å². The summed E-state index contributed by atoms with van der Waals surface area (Å²) in [6.45, 7) is 6.47. The van der Waals surface area contributed by atoms with Gasteiger partial charge in [-0.2, -0.15) is 0 Å². The number of methoxy groups -OCH3 is 1. The number of amides is 2. The SMILES string of the molecule is COC1CCCC1N1CCC(=O)NC(C(C)(C)C)C1=O. The molecule has 1 saturated carbocycles. The molecule has 3 unspecified atom stereocenters. The Hall–Kier alpha value is -1.10. The number of hydrogen-bond acceptors (Lipinski definition) is 3. The summed E-state index contributed by atoms with van der Waals surface area (Å²) in [5.74, 6) is 0.00467. The molecule has 2 aliphatic rings. The van der Waals surface area contributed by atoms with E-state index in [2.05, 4.69) is 5.32 Å². The number of rotatable bonds is 2. The molecule has 0 radical (unpaired) electrons. The van der Waals surface area contributed by atoms with Crippen LogP contribution in [-0.4, -0.2) is 48.6 Å². The molecule has 2 amide bonds. The minimum Gasteiger partial charge on any atom is -0.379 e. The van der Waals surface area contributed by atoms with Crippen molar-refractivity contribution in [2.45, 2.75) is 64.6 Å². The van der Waals surface area contributed by atoms with Gasteiger partial charge in [-0.3, -0.25) is 9.59 Å². The average molecular weight is 282 g/mol. The number of hydrogen-bond donors (Lipinski definition) is 1. The highest BCUT2D eigenvalue weighted by Gasteiger charge is 2.43. The second-order valence-corrected chi connectivity index (χ2v) is 6.92. The van der Waals surface area contributed by atoms with E-state index in [1.54, 1.807) is 7.11 Å². The van der Waals surface area contributed by atoms with E-state index < -0.39 is 6.04 Å². The third kappa shape index (κ3) is 2.97. The van der Waals surface area contributed by atoms with Crippen LogP contribution in [-0.2, 0) is 14.3 Å². The van der Waals surface area contributed by atoms with E-state index in [1.807, 2.05) is 25.7 Å². The average Bonchev–Trinajstić information content (AvgIpc) is 2.77. The minimum absolute atomic E-state index is 0.0345. The maximum atomic E-state index is 12.8. The van der Waals surface area contributed by atoms with Gasteiger partial charge in [0.2, 0.25) is 11.8 Å². The molecule has 1 saturated heterocycles. The lowest BCUT2D eigenvalue weighted by Crippen LogP contribution is -2.55. The highest BCUT2D eigenvalue weighted by Crippen LogP contribution is 2.30. The number of nitrogens with one attached hydrogen (secondary N) is 1. The van der Waals surface area contributed by atoms with Crippen LogP contribution in [0.3, 0.4) is 0 Å². The summed E-state index contributed by atoms with van der Waals surface area (Å²) < 4.78 is 5.51. The molecule has 5 nitrogen and oxygen atoms in total. The highest BCUT2D eigenvalue weighted by atomic mass is 16.5. The Labute approximate surface area is 121 Å². The topological polar surface area (TPSA) is 58.6 Å². The van der Waals surface area contributed by atoms with Gasteiger partial charge in [-0.25, -0.2) is 0 Å². The van der Waals surface area contributed by atoms with Gasteiger partial charge in [0.15, 0.2) is 0 Å². The molecule has 1 heterocycles. The van der Waals surface area contributed by atoms with Crippen molar-refractivity contribution in [1.82, 2.24) is 10.2 Å². The van der Waals surface area contributed by atoms with Crippen LogP contribution in [0.25, 0.3) is 0 Å². The van der Waals surface area contributed by atoms with Crippen molar-refractivity contribution >= 4 is 11.8 Å². The molecule has 1 aliphatic carbocycles. The molecular weight excluding hydrogens is 256 g/mol. The van der Waals surface area contributed by atoms with E-state index in [0.717, 1.165) is 19.3 Å². The zero-order valence-electron chi connectivity index (χ0n) is 12.9. The summed E-state index contributed by atoms with van der Waals surface area (Å²) in [5.41, 5.74) is -0.281. The first-order valence-electron chi connectivity index (χ1n) is 7.47. The van der Waals surface area contributed by atoms with Gasteiger partial charge in [-0.05, 0) is 24.7 Å². The van der Waals surface area contributed by atoms with Crippen LogP contribution < -0.4 is 5.32 Å². The van der Waals surface area contributed by atoms with Gasteiger partial charge >= 0.3 is 0 Å². The standard InChI is InChI=1S/C15H26N2O3/c1-15(2,3)13-14(19)17(9-8-12(18)16-13)10-6-5-7-11(10)20-4/h10-11,13H,5-9H2,1-4H3,(H,16,18). The van der Waals surface area contributed by atoms with Gasteiger partial charge in [0.25, 0.3) is 0 Å². The zero-order valence-corrected chi connectivity index (χ0v) is 12.9. The molecule has 3 atom stereocenters. The molecule has 5 heteroatoms. The third-order valence-electron chi connectivity index (χ3n) is 4.40. The maximum absolute atomic E-state index is 12.8. The van der Waals surface area contributed by atoms with Gasteiger partial charge in [0.1, 0.15) is 6.04 Å². The van der Waals surface area contributed by atoms with E-state index in [9.17, 15) is 9.59 Å². The van der Waals surface area contributed by atoms with E-state index in [4.69, 9.17) is 4.74 Å². The zero-order chi connectivity index (χ0) is 14.9. The predicted molar refractivity (Wildman–Crippen MR) is 76.2 cm³/mol. The second-order valence-electron chi connectivity index (χ2n) is 6.92. The normalized spacial score (nSPS) is 32.2. The summed E-state index contributed by atoms with van der Waals surface area (Å²) in [6.07, 6.45) is 3.52. The molecule has 0 aromatic rings. The Kier molecular flexibility index (Phi) is 4.37. The lowest BCUT2D eigenvalue weighted by molar-refractivity contribution is -0.140. The smallest absolute Gasteiger partial charge is 0.246 e. The Morgan fingerprint density at radius 3 is 2.55 bits per heavy atom. The quantitative estimate of drug-likeness (QED) is 0.831. The van der Waals surface area contributed by atoms with Gasteiger partial charge in [0.05, 0.1) is 12.1 Å². The van der Waals surface area contributed by atoms with Crippen LogP contribution in [0.15, 0.2) is 0 Å². The van der Waals surface area contributed by atoms with Crippen LogP contribution in [0.5, 0.6) is 0 Å². The van der Waals surface area contributed by atoms with E-state index in [-0.39, 0.29) is 29.4 Å². The number of carbonyl (C=O) groups is 2. The predicted octanol–water partition coefficient (Wildman–Crippen LogP) is 1.32. The van der Waals surface area contributed by atoms with Crippen LogP contribution in [0.4, 0.5) is 0 Å². The molecule has 0 aromatic heterocycles. The Morgan fingerprint density at radius 1 is 1.25 bits per heavy atom. The Bertz CT molecular complexity index is 389. The molecule has 2 rings (SSSR count). The molecule has 0 bridgehead atoms. The van der Waals surface area contributed by atoms with Crippen molar-refractivity contribution in [3.8, 4) is 0 Å². The number of carbonyl (C=O) groups excluding carboxylic acids is 2. The van der Waals surface area contributed by atoms with Crippen LogP contribution in [0.1, 0.15) is 46.5 Å². The molecule has 1 aliphatic heterocycles. The first-order valence-corrected chi connectivity index (χ1v) is 7.47. The summed E-state index contributed by atoms with van der Waals surface area (Å²) in [7, 11) is 1.70. The fraction of sp³-hybridized carbons (Fsp3) is 0.867. The lowest BCUT2D eigenvalue weighted by Gasteiger charge is -2.36. The molecule has 20 heavy (non-hydrogen) atoms. The van der Waals surface area contributed by atoms with Crippen molar-refractivity contribution in [3.05, 3.63) is 0 Å². The third-order valence-corrected chi connectivity index (χ3v) is 4.40. The summed E-state index contributed by atoms with van der Waals surface area (Å²) in [4.78, 5) is 26.6. The lowest BCUT2D eigenvalue weighted by atomic mass is 9.85. The van der Waals surface area contributed by atoms with Crippen LogP contribution in [0.2, 0.25) is 0 Å². The fourth-order valence-electron chi connectivity index (χ4n) is 3.25. The second kappa shape index (κ2) is 5.72. The largest absolute Gasteiger partial charge is 0.379 e. The first kappa shape index (κ1) is 15.3. The molecule has 114 valence electrons. The van der Waals surface area contributed by atoms with Crippen molar-refractivity contribution in [1.29, 1.82) is 0 Å². The van der Waals surface area contributed by atoms with Gasteiger partial charge in [0, 0.05) is 20.1 Å². The van der Waals surface area contributed by atoms with Crippen LogP contribution in [0, 0.1) is 5.41 Å². The van der Waals surface area contributed by atoms with E-state index in [1.165, 1.54) is 0 Å². The first-order chi connectivity index (χ1) is 9.34. The van der Waals surface area contributed by atoms with Gasteiger partial charge in [-0.15, -0.1) is 0 Å². The summed E-state index contributed by atoms with van der Waals surface area (Å²) >= 11 is 0. The summed E-state index contributed by atoms with van der Waals surface area (Å²) in [5, 5.41) is 2.88. The van der Waals surface area contributed by atoms with Gasteiger partial charge in [-0.1, -0.05) is 20.8 Å².